The van der Waals surface area contributed by atoms with Gasteiger partial charge in [0.25, 0.3) is 11.6 Å². The Morgan fingerprint density at radius 3 is 2.78 bits per heavy atom. The highest BCUT2D eigenvalue weighted by atomic mass is 16.6. The summed E-state index contributed by atoms with van der Waals surface area (Å²) in [7, 11) is 0. The van der Waals surface area contributed by atoms with E-state index in [1.54, 1.807) is 6.08 Å². The smallest absolute Gasteiger partial charge is 0.326 e. The predicted molar refractivity (Wildman–Crippen MR) is 97.4 cm³/mol. The van der Waals surface area contributed by atoms with Crippen LogP contribution in [0.5, 0.6) is 5.75 Å². The van der Waals surface area contributed by atoms with Crippen molar-refractivity contribution in [3.8, 4) is 5.75 Å². The molecule has 0 unspecified atom stereocenters. The maximum Gasteiger partial charge on any atom is 0.326 e. The molecule has 0 atom stereocenters. The lowest BCUT2D eigenvalue weighted by molar-refractivity contribution is -0.384. The molecule has 0 bridgehead atoms. The fourth-order valence-corrected chi connectivity index (χ4v) is 2.54. The van der Waals surface area contributed by atoms with Crippen LogP contribution < -0.4 is 9.64 Å². The Morgan fingerprint density at radius 2 is 2.04 bits per heavy atom. The molecule has 0 radical (unpaired) electrons. The van der Waals surface area contributed by atoms with Gasteiger partial charge in [0.15, 0.2) is 6.61 Å². The van der Waals surface area contributed by atoms with Crippen LogP contribution in [-0.2, 0) is 14.3 Å². The number of nitrogens with zero attached hydrogens (tertiary/aromatic N) is 2. The van der Waals surface area contributed by atoms with E-state index in [-0.39, 0.29) is 31.1 Å². The third-order valence-corrected chi connectivity index (χ3v) is 3.83. The lowest BCUT2D eigenvalue weighted by Crippen LogP contribution is -2.42. The molecule has 0 saturated carbocycles. The van der Waals surface area contributed by atoms with Gasteiger partial charge >= 0.3 is 5.97 Å². The molecule has 0 N–H and O–H groups in total. The number of carbonyl (C=O) groups excluding carboxylic acids is 2. The topological polar surface area (TPSA) is 99.0 Å². The minimum atomic E-state index is -0.625. The lowest BCUT2D eigenvalue weighted by atomic mass is 10.2. The van der Waals surface area contributed by atoms with E-state index in [1.165, 1.54) is 18.2 Å². The van der Waals surface area contributed by atoms with Gasteiger partial charge in [-0.05, 0) is 17.7 Å². The van der Waals surface area contributed by atoms with Crippen LogP contribution in [0.4, 0.5) is 11.4 Å². The molecule has 0 aromatic heterocycles. The second-order valence-electron chi connectivity index (χ2n) is 5.67. The van der Waals surface area contributed by atoms with Crippen molar-refractivity contribution in [3.63, 3.8) is 0 Å². The van der Waals surface area contributed by atoms with E-state index in [1.807, 2.05) is 36.4 Å². The molecule has 8 nitrogen and oxygen atoms in total. The molecule has 2 aromatic rings. The summed E-state index contributed by atoms with van der Waals surface area (Å²) in [4.78, 5) is 35.7. The second kappa shape index (κ2) is 8.13. The van der Waals surface area contributed by atoms with Crippen LogP contribution in [0.2, 0.25) is 0 Å². The van der Waals surface area contributed by atoms with Crippen LogP contribution in [0.3, 0.4) is 0 Å². The number of esters is 1. The highest BCUT2D eigenvalue weighted by molar-refractivity contribution is 6.01. The summed E-state index contributed by atoms with van der Waals surface area (Å²) in [6.45, 7) is -0.546. The minimum absolute atomic E-state index is 0.0497. The number of non-ortho nitro benzene ring substituents is 1. The number of carbonyl (C=O) groups is 2. The van der Waals surface area contributed by atoms with Crippen molar-refractivity contribution < 1.29 is 24.0 Å². The molecule has 2 aromatic carbocycles. The first-order valence-corrected chi connectivity index (χ1v) is 8.13. The highest BCUT2D eigenvalue weighted by Gasteiger charge is 2.29. The molecule has 138 valence electrons. The number of amides is 1. The van der Waals surface area contributed by atoms with Gasteiger partial charge in [-0.15, -0.1) is 0 Å². The van der Waals surface area contributed by atoms with Gasteiger partial charge in [0.05, 0.1) is 10.6 Å². The number of hydrogen-bond acceptors (Lipinski definition) is 6. The first-order chi connectivity index (χ1) is 13.0. The molecule has 0 saturated heterocycles. The molecule has 8 heteroatoms. The van der Waals surface area contributed by atoms with Crippen LogP contribution >= 0.6 is 0 Å². The van der Waals surface area contributed by atoms with Crippen molar-refractivity contribution >= 4 is 29.3 Å². The Hall–Kier alpha value is -3.68. The van der Waals surface area contributed by atoms with Crippen molar-refractivity contribution in [1.82, 2.24) is 0 Å². The monoisotopic (exact) mass is 368 g/mol. The van der Waals surface area contributed by atoms with Gasteiger partial charge in [0.1, 0.15) is 18.9 Å². The Morgan fingerprint density at radius 1 is 1.26 bits per heavy atom. The van der Waals surface area contributed by atoms with E-state index in [4.69, 9.17) is 9.47 Å². The molecule has 0 fully saturated rings. The average Bonchev–Trinajstić information content (AvgIpc) is 2.68. The van der Waals surface area contributed by atoms with E-state index < -0.39 is 16.8 Å². The van der Waals surface area contributed by atoms with E-state index in [2.05, 4.69) is 0 Å². The molecule has 0 spiro atoms. The molecule has 27 heavy (non-hydrogen) atoms. The minimum Gasteiger partial charge on any atom is -0.482 e. The third kappa shape index (κ3) is 4.49. The van der Waals surface area contributed by atoms with Gasteiger partial charge in [-0.1, -0.05) is 36.4 Å². The molecule has 0 aliphatic carbocycles. The molecular formula is C19H16N2O6. The first kappa shape index (κ1) is 18.1. The molecular weight excluding hydrogens is 352 g/mol. The number of nitro groups is 1. The highest BCUT2D eigenvalue weighted by Crippen LogP contribution is 2.35. The van der Waals surface area contributed by atoms with Gasteiger partial charge in [-0.25, -0.2) is 0 Å². The zero-order valence-corrected chi connectivity index (χ0v) is 14.2. The number of nitro benzene ring substituents is 1. The van der Waals surface area contributed by atoms with Crippen molar-refractivity contribution in [2.24, 2.45) is 0 Å². The summed E-state index contributed by atoms with van der Waals surface area (Å²) in [5, 5.41) is 11.0. The number of hydrogen-bond donors (Lipinski definition) is 0. The number of anilines is 1. The Balaban J connectivity index is 1.63. The van der Waals surface area contributed by atoms with Gasteiger partial charge in [-0.2, -0.15) is 0 Å². The number of benzene rings is 2. The van der Waals surface area contributed by atoms with Crippen molar-refractivity contribution in [2.75, 3.05) is 24.7 Å². The summed E-state index contributed by atoms with van der Waals surface area (Å²) in [5.41, 5.74) is 0.951. The van der Waals surface area contributed by atoms with E-state index in [9.17, 15) is 19.7 Å². The maximum atomic E-state index is 12.1. The van der Waals surface area contributed by atoms with Crippen LogP contribution in [0.15, 0.2) is 54.6 Å². The van der Waals surface area contributed by atoms with Gasteiger partial charge in [0.2, 0.25) is 0 Å². The molecule has 3 rings (SSSR count). The van der Waals surface area contributed by atoms with Crippen molar-refractivity contribution in [2.45, 2.75) is 0 Å². The van der Waals surface area contributed by atoms with Crippen LogP contribution in [0.1, 0.15) is 5.56 Å². The van der Waals surface area contributed by atoms with Crippen LogP contribution in [0, 0.1) is 10.1 Å². The van der Waals surface area contributed by atoms with E-state index in [0.29, 0.717) is 5.75 Å². The molecule has 1 heterocycles. The summed E-state index contributed by atoms with van der Waals surface area (Å²) in [5.74, 6) is -0.794. The summed E-state index contributed by atoms with van der Waals surface area (Å²) < 4.78 is 10.4. The fraction of sp³-hybridized carbons (Fsp3) is 0.158. The SMILES string of the molecule is O=C(CN1C(=O)COc2ccc([N+](=O)[O-])cc21)OC/C=C/c1ccccc1. The van der Waals surface area contributed by atoms with Crippen molar-refractivity contribution in [3.05, 3.63) is 70.3 Å². The summed E-state index contributed by atoms with van der Waals surface area (Å²) in [6, 6.07) is 13.4. The summed E-state index contributed by atoms with van der Waals surface area (Å²) >= 11 is 0. The second-order valence-corrected chi connectivity index (χ2v) is 5.67. The zero-order valence-electron chi connectivity index (χ0n) is 14.2. The lowest BCUT2D eigenvalue weighted by Gasteiger charge is -2.28. The van der Waals surface area contributed by atoms with E-state index in [0.717, 1.165) is 10.5 Å². The molecule has 1 amide bonds. The predicted octanol–water partition coefficient (Wildman–Crippen LogP) is 2.58. The Labute approximate surface area is 154 Å². The van der Waals surface area contributed by atoms with Crippen molar-refractivity contribution in [1.29, 1.82) is 0 Å². The Bertz CT molecular complexity index is 894. The van der Waals surface area contributed by atoms with Gasteiger partial charge < -0.3 is 9.47 Å². The summed E-state index contributed by atoms with van der Waals surface area (Å²) in [6.07, 6.45) is 3.50. The van der Waals surface area contributed by atoms with Crippen LogP contribution in [-0.4, -0.2) is 36.6 Å². The maximum absolute atomic E-state index is 12.1. The average molecular weight is 368 g/mol. The largest absolute Gasteiger partial charge is 0.482 e. The number of ether oxygens (including phenoxy) is 2. The van der Waals surface area contributed by atoms with Gasteiger partial charge in [-0.3, -0.25) is 24.6 Å². The van der Waals surface area contributed by atoms with Crippen LogP contribution in [0.25, 0.3) is 6.08 Å². The first-order valence-electron chi connectivity index (χ1n) is 8.13. The normalized spacial score (nSPS) is 13.2. The fourth-order valence-electron chi connectivity index (χ4n) is 2.54. The number of rotatable bonds is 6. The molecule has 1 aliphatic heterocycles. The quantitative estimate of drug-likeness (QED) is 0.441. The zero-order chi connectivity index (χ0) is 19.2. The standard InChI is InChI=1S/C19H16N2O6/c22-18-13-27-17-9-8-15(21(24)25)11-16(17)20(18)12-19(23)26-10-4-7-14-5-2-1-3-6-14/h1-9,11H,10,12-13H2/b7-4+. The van der Waals surface area contributed by atoms with E-state index >= 15 is 0 Å². The molecule has 1 aliphatic rings. The van der Waals surface area contributed by atoms with Gasteiger partial charge in [0, 0.05) is 12.1 Å². The third-order valence-electron chi connectivity index (χ3n) is 3.83. The Kier molecular flexibility index (Phi) is 5.46. The number of fused-ring (bicyclic) bond motifs is 1.